The number of hydrogen-bond acceptors (Lipinski definition) is 3. The molecule has 0 fully saturated rings. The van der Waals surface area contributed by atoms with Crippen molar-refractivity contribution in [1.82, 2.24) is 4.90 Å². The predicted molar refractivity (Wildman–Crippen MR) is 104 cm³/mol. The summed E-state index contributed by atoms with van der Waals surface area (Å²) >= 11 is 5.78. The number of benzene rings is 1. The average Bonchev–Trinajstić information content (AvgIpc) is 3.25. The van der Waals surface area contributed by atoms with Crippen LogP contribution < -0.4 is 0 Å². The monoisotopic (exact) mass is 451 g/mol. The summed E-state index contributed by atoms with van der Waals surface area (Å²) in [6.07, 6.45) is 0.948. The molecule has 3 heterocycles. The maximum atomic E-state index is 13.2. The van der Waals surface area contributed by atoms with E-state index in [1.807, 2.05) is 29.2 Å². The van der Waals surface area contributed by atoms with Crippen molar-refractivity contribution in [2.45, 2.75) is 12.5 Å². The van der Waals surface area contributed by atoms with Crippen LogP contribution >= 0.6 is 45.3 Å². The summed E-state index contributed by atoms with van der Waals surface area (Å²) in [5, 5.41) is 4.23. The number of nitrogens with zero attached hydrogens (tertiary/aromatic N) is 1. The second-order valence-electron chi connectivity index (χ2n) is 5.45. The third-order valence-corrected chi connectivity index (χ3v) is 7.01. The number of halogens is 1. The smallest absolute Gasteiger partial charge is 0.255 e. The lowest BCUT2D eigenvalue weighted by molar-refractivity contribution is 0.0697. The van der Waals surface area contributed by atoms with Gasteiger partial charge >= 0.3 is 0 Å². The molecular weight excluding hydrogens is 437 g/mol. The first-order valence-corrected chi connectivity index (χ1v) is 10.2. The molecule has 1 aliphatic rings. The van der Waals surface area contributed by atoms with Crippen molar-refractivity contribution in [1.29, 1.82) is 0 Å². The van der Waals surface area contributed by atoms with E-state index in [1.54, 1.807) is 22.7 Å². The molecule has 116 valence electrons. The van der Waals surface area contributed by atoms with Gasteiger partial charge in [0, 0.05) is 19.9 Å². The molecule has 1 unspecified atom stereocenters. The van der Waals surface area contributed by atoms with E-state index in [9.17, 15) is 4.79 Å². The number of fused-ring (bicyclic) bond motifs is 1. The van der Waals surface area contributed by atoms with Gasteiger partial charge in [-0.05, 0) is 69.6 Å². The van der Waals surface area contributed by atoms with Crippen molar-refractivity contribution in [3.8, 4) is 0 Å². The van der Waals surface area contributed by atoms with Gasteiger partial charge in [-0.2, -0.15) is 0 Å². The Bertz CT molecular complexity index is 840. The fourth-order valence-electron chi connectivity index (χ4n) is 3.08. The second kappa shape index (κ2) is 6.37. The van der Waals surface area contributed by atoms with Gasteiger partial charge in [-0.15, -0.1) is 22.7 Å². The molecule has 1 aliphatic heterocycles. The highest BCUT2D eigenvalue weighted by atomic mass is 127. The highest BCUT2D eigenvalue weighted by molar-refractivity contribution is 14.1. The van der Waals surface area contributed by atoms with Crippen LogP contribution in [0.2, 0.25) is 0 Å². The van der Waals surface area contributed by atoms with Crippen molar-refractivity contribution in [2.75, 3.05) is 6.54 Å². The van der Waals surface area contributed by atoms with Crippen LogP contribution in [0, 0.1) is 3.57 Å². The van der Waals surface area contributed by atoms with Gasteiger partial charge in [0.25, 0.3) is 5.91 Å². The Morgan fingerprint density at radius 2 is 1.96 bits per heavy atom. The molecule has 5 heteroatoms. The summed E-state index contributed by atoms with van der Waals surface area (Å²) in [5.41, 5.74) is 2.09. The van der Waals surface area contributed by atoms with Crippen LogP contribution in [0.3, 0.4) is 0 Å². The first kappa shape index (κ1) is 15.4. The molecule has 0 aliphatic carbocycles. The quantitative estimate of drug-likeness (QED) is 0.491. The molecule has 0 bridgehead atoms. The van der Waals surface area contributed by atoms with Crippen LogP contribution in [0.1, 0.15) is 31.7 Å². The number of carbonyl (C=O) groups is 1. The molecule has 23 heavy (non-hydrogen) atoms. The molecule has 0 N–H and O–H groups in total. The Morgan fingerprint density at radius 3 is 2.74 bits per heavy atom. The summed E-state index contributed by atoms with van der Waals surface area (Å²) in [4.78, 5) is 17.9. The third-order valence-electron chi connectivity index (χ3n) is 4.14. The lowest BCUT2D eigenvalue weighted by Crippen LogP contribution is -2.40. The van der Waals surface area contributed by atoms with Crippen LogP contribution in [-0.4, -0.2) is 17.4 Å². The van der Waals surface area contributed by atoms with E-state index in [4.69, 9.17) is 0 Å². The first-order chi connectivity index (χ1) is 11.3. The van der Waals surface area contributed by atoms with Gasteiger partial charge in [-0.25, -0.2) is 0 Å². The Kier molecular flexibility index (Phi) is 4.26. The Morgan fingerprint density at radius 1 is 1.09 bits per heavy atom. The lowest BCUT2D eigenvalue weighted by Gasteiger charge is -2.35. The van der Waals surface area contributed by atoms with Gasteiger partial charge in [0.05, 0.1) is 11.6 Å². The number of rotatable bonds is 2. The maximum absolute atomic E-state index is 13.2. The molecule has 1 aromatic carbocycles. The van der Waals surface area contributed by atoms with Gasteiger partial charge in [0.2, 0.25) is 0 Å². The number of thiophene rings is 2. The number of hydrogen-bond donors (Lipinski definition) is 0. The maximum Gasteiger partial charge on any atom is 0.255 e. The van der Waals surface area contributed by atoms with Gasteiger partial charge in [0.15, 0.2) is 0 Å². The minimum absolute atomic E-state index is 0.0495. The van der Waals surface area contributed by atoms with Crippen LogP contribution in [0.25, 0.3) is 0 Å². The zero-order chi connectivity index (χ0) is 15.8. The molecule has 0 saturated carbocycles. The van der Waals surface area contributed by atoms with E-state index in [2.05, 4.69) is 51.6 Å². The summed E-state index contributed by atoms with van der Waals surface area (Å²) in [6, 6.07) is 14.3. The van der Waals surface area contributed by atoms with Crippen molar-refractivity contribution >= 4 is 51.2 Å². The predicted octanol–water partition coefficient (Wildman–Crippen LogP) is 5.20. The molecule has 3 aromatic rings. The normalized spacial score (nSPS) is 17.1. The van der Waals surface area contributed by atoms with E-state index in [0.717, 1.165) is 22.1 Å². The standard InChI is InChI=1S/C18H14INOS2/c19-14-5-2-1-4-12(14)18(21)20-9-7-15-13(8-11-23-15)17(20)16-6-3-10-22-16/h1-6,8,10-11,17H,7,9H2. The first-order valence-electron chi connectivity index (χ1n) is 7.41. The van der Waals surface area contributed by atoms with Crippen LogP contribution in [-0.2, 0) is 6.42 Å². The summed E-state index contributed by atoms with van der Waals surface area (Å²) in [6.45, 7) is 0.778. The highest BCUT2D eigenvalue weighted by Gasteiger charge is 2.34. The van der Waals surface area contributed by atoms with E-state index in [0.29, 0.717) is 0 Å². The van der Waals surface area contributed by atoms with Crippen LogP contribution in [0.15, 0.2) is 53.2 Å². The van der Waals surface area contributed by atoms with Crippen molar-refractivity contribution in [3.05, 3.63) is 77.7 Å². The third kappa shape index (κ3) is 2.75. The molecule has 0 spiro atoms. The van der Waals surface area contributed by atoms with Crippen LogP contribution in [0.4, 0.5) is 0 Å². The minimum atomic E-state index is 0.0495. The Hall–Kier alpha value is -1.18. The summed E-state index contributed by atoms with van der Waals surface area (Å²) < 4.78 is 1.01. The van der Waals surface area contributed by atoms with E-state index >= 15 is 0 Å². The second-order valence-corrected chi connectivity index (χ2v) is 8.59. The van der Waals surface area contributed by atoms with E-state index in [-0.39, 0.29) is 11.9 Å². The largest absolute Gasteiger partial charge is 0.326 e. The Labute approximate surface area is 156 Å². The van der Waals surface area contributed by atoms with E-state index in [1.165, 1.54) is 15.3 Å². The van der Waals surface area contributed by atoms with Crippen molar-refractivity contribution < 1.29 is 4.79 Å². The summed E-state index contributed by atoms with van der Waals surface area (Å²) in [5.74, 6) is 0.130. The van der Waals surface area contributed by atoms with Gasteiger partial charge in [-0.3, -0.25) is 4.79 Å². The van der Waals surface area contributed by atoms with Crippen molar-refractivity contribution in [2.24, 2.45) is 0 Å². The molecular formula is C18H14INOS2. The highest BCUT2D eigenvalue weighted by Crippen LogP contribution is 2.40. The van der Waals surface area contributed by atoms with Gasteiger partial charge < -0.3 is 4.90 Å². The zero-order valence-electron chi connectivity index (χ0n) is 12.2. The van der Waals surface area contributed by atoms with Gasteiger partial charge in [-0.1, -0.05) is 18.2 Å². The van der Waals surface area contributed by atoms with Crippen LogP contribution in [0.5, 0.6) is 0 Å². The number of amides is 1. The van der Waals surface area contributed by atoms with Gasteiger partial charge in [0.1, 0.15) is 0 Å². The van der Waals surface area contributed by atoms with Crippen molar-refractivity contribution in [3.63, 3.8) is 0 Å². The summed E-state index contributed by atoms with van der Waals surface area (Å²) in [7, 11) is 0. The molecule has 2 aromatic heterocycles. The molecule has 0 saturated heterocycles. The zero-order valence-corrected chi connectivity index (χ0v) is 16.0. The number of carbonyl (C=O) groups excluding carboxylic acids is 1. The molecule has 1 atom stereocenters. The molecule has 0 radical (unpaired) electrons. The SMILES string of the molecule is O=C(c1ccccc1I)N1CCc2sccc2C1c1cccs1. The molecule has 1 amide bonds. The molecule has 4 rings (SSSR count). The Balaban J connectivity index is 1.78. The lowest BCUT2D eigenvalue weighted by atomic mass is 9.97. The minimum Gasteiger partial charge on any atom is -0.326 e. The molecule has 2 nitrogen and oxygen atoms in total. The fourth-order valence-corrected chi connectivity index (χ4v) is 5.45. The van der Waals surface area contributed by atoms with E-state index < -0.39 is 0 Å². The fraction of sp³-hybridized carbons (Fsp3) is 0.167. The average molecular weight is 451 g/mol. The topological polar surface area (TPSA) is 20.3 Å².